The van der Waals surface area contributed by atoms with Crippen molar-refractivity contribution in [1.82, 2.24) is 14.9 Å². The zero-order chi connectivity index (χ0) is 24.1. The number of aryl methyl sites for hydroxylation is 2. The number of para-hydroxylation sites is 1. The highest BCUT2D eigenvalue weighted by atomic mass is 16.5. The molecule has 8 heteroatoms. The Kier molecular flexibility index (Phi) is 7.15. The fraction of sp³-hybridized carbons (Fsp3) is 0.346. The lowest BCUT2D eigenvalue weighted by molar-refractivity contribution is -0.132. The standard InChI is InChI=1S/C26H29N5O3/c1-17-6-4-7-19(16-17)25(28)34-24(27)18-12-14-31(15-13-18)23(32)11-5-10-22-29-21-9-3-2-8-20(21)26(33)30-22/h2-4,6-9,16,18,27-28H,5,10-15H2,1H3,(H,29,30,33). The lowest BCUT2D eigenvalue weighted by atomic mass is 9.96. The van der Waals surface area contributed by atoms with Gasteiger partial charge in [-0.25, -0.2) is 4.98 Å². The van der Waals surface area contributed by atoms with E-state index < -0.39 is 0 Å². The largest absolute Gasteiger partial charge is 0.425 e. The summed E-state index contributed by atoms with van der Waals surface area (Å²) in [4.78, 5) is 34.0. The van der Waals surface area contributed by atoms with E-state index in [-0.39, 0.29) is 29.2 Å². The number of H-pyrrole nitrogens is 1. The van der Waals surface area contributed by atoms with Gasteiger partial charge in [-0.3, -0.25) is 20.4 Å². The molecule has 0 unspecified atom stereocenters. The van der Waals surface area contributed by atoms with Crippen LogP contribution in [0.15, 0.2) is 53.3 Å². The number of piperidine rings is 1. The quantitative estimate of drug-likeness (QED) is 0.383. The summed E-state index contributed by atoms with van der Waals surface area (Å²) < 4.78 is 5.51. The van der Waals surface area contributed by atoms with Gasteiger partial charge in [0.15, 0.2) is 5.90 Å². The molecule has 1 fully saturated rings. The molecule has 34 heavy (non-hydrogen) atoms. The van der Waals surface area contributed by atoms with Crippen LogP contribution in [0.3, 0.4) is 0 Å². The minimum atomic E-state index is -0.158. The molecule has 0 spiro atoms. The van der Waals surface area contributed by atoms with Gasteiger partial charge in [0.2, 0.25) is 11.8 Å². The molecule has 1 aliphatic rings. The number of ether oxygens (including phenoxy) is 1. The van der Waals surface area contributed by atoms with Gasteiger partial charge in [0.05, 0.1) is 10.9 Å². The molecule has 176 valence electrons. The maximum Gasteiger partial charge on any atom is 0.258 e. The van der Waals surface area contributed by atoms with Crippen LogP contribution in [-0.2, 0) is 16.0 Å². The van der Waals surface area contributed by atoms with Crippen molar-refractivity contribution >= 4 is 28.6 Å². The lowest BCUT2D eigenvalue weighted by Gasteiger charge is -2.32. The number of aromatic amines is 1. The lowest BCUT2D eigenvalue weighted by Crippen LogP contribution is -2.40. The number of nitrogens with one attached hydrogen (secondary N) is 3. The SMILES string of the molecule is Cc1cccc(C(=N)OC(=N)C2CCN(C(=O)CCCc3nc4ccccc4c(=O)[nH]3)CC2)c1. The first-order valence-electron chi connectivity index (χ1n) is 11.6. The molecule has 2 aromatic carbocycles. The second-order valence-electron chi connectivity index (χ2n) is 8.70. The number of hydrogen-bond acceptors (Lipinski definition) is 6. The number of amides is 1. The third-order valence-corrected chi connectivity index (χ3v) is 6.18. The monoisotopic (exact) mass is 459 g/mol. The summed E-state index contributed by atoms with van der Waals surface area (Å²) in [6, 6.07) is 14.7. The minimum absolute atomic E-state index is 0.0208. The van der Waals surface area contributed by atoms with Crippen LogP contribution in [0.2, 0.25) is 0 Å². The fourth-order valence-electron chi connectivity index (χ4n) is 4.25. The Bertz CT molecular complexity index is 1270. The van der Waals surface area contributed by atoms with E-state index in [1.165, 1.54) is 0 Å². The summed E-state index contributed by atoms with van der Waals surface area (Å²) in [7, 11) is 0. The van der Waals surface area contributed by atoms with Crippen LogP contribution >= 0.6 is 0 Å². The van der Waals surface area contributed by atoms with Crippen molar-refractivity contribution < 1.29 is 9.53 Å². The Balaban J connectivity index is 1.22. The van der Waals surface area contributed by atoms with Gasteiger partial charge in [-0.05, 0) is 50.5 Å². The maximum atomic E-state index is 12.7. The van der Waals surface area contributed by atoms with Gasteiger partial charge in [-0.2, -0.15) is 0 Å². The summed E-state index contributed by atoms with van der Waals surface area (Å²) >= 11 is 0. The molecule has 1 aromatic heterocycles. The van der Waals surface area contributed by atoms with Crippen LogP contribution in [0.4, 0.5) is 0 Å². The Morgan fingerprint density at radius 3 is 2.68 bits per heavy atom. The average Bonchev–Trinajstić information content (AvgIpc) is 2.84. The van der Waals surface area contributed by atoms with Crippen molar-refractivity contribution in [3.63, 3.8) is 0 Å². The van der Waals surface area contributed by atoms with E-state index in [0.29, 0.717) is 67.5 Å². The highest BCUT2D eigenvalue weighted by molar-refractivity contribution is 5.99. The highest BCUT2D eigenvalue weighted by Gasteiger charge is 2.27. The van der Waals surface area contributed by atoms with E-state index in [1.807, 2.05) is 48.2 Å². The van der Waals surface area contributed by atoms with Gasteiger partial charge in [-0.15, -0.1) is 0 Å². The number of benzene rings is 2. The molecule has 1 saturated heterocycles. The number of hydrogen-bond donors (Lipinski definition) is 3. The first kappa shape index (κ1) is 23.4. The number of carbonyl (C=O) groups excluding carboxylic acids is 1. The molecule has 1 amide bonds. The second-order valence-corrected chi connectivity index (χ2v) is 8.70. The Morgan fingerprint density at radius 2 is 1.91 bits per heavy atom. The van der Waals surface area contributed by atoms with Crippen LogP contribution in [0, 0.1) is 23.7 Å². The van der Waals surface area contributed by atoms with E-state index in [4.69, 9.17) is 15.6 Å². The molecular formula is C26H29N5O3. The number of aromatic nitrogens is 2. The molecule has 0 radical (unpaired) electrons. The van der Waals surface area contributed by atoms with Crippen molar-refractivity contribution in [3.8, 4) is 0 Å². The van der Waals surface area contributed by atoms with Gasteiger partial charge < -0.3 is 14.6 Å². The van der Waals surface area contributed by atoms with Crippen LogP contribution in [0.1, 0.15) is 42.6 Å². The van der Waals surface area contributed by atoms with Gasteiger partial charge >= 0.3 is 0 Å². The molecule has 3 aromatic rings. The summed E-state index contributed by atoms with van der Waals surface area (Å²) in [5, 5.41) is 17.0. The molecule has 8 nitrogen and oxygen atoms in total. The van der Waals surface area contributed by atoms with Gasteiger partial charge in [-0.1, -0.05) is 29.8 Å². The zero-order valence-electron chi connectivity index (χ0n) is 19.3. The van der Waals surface area contributed by atoms with Crippen molar-refractivity contribution in [1.29, 1.82) is 10.8 Å². The molecule has 0 bridgehead atoms. The summed E-state index contributed by atoms with van der Waals surface area (Å²) in [5.74, 6) is 0.636. The summed E-state index contributed by atoms with van der Waals surface area (Å²) in [6.45, 7) is 3.09. The molecule has 0 atom stereocenters. The number of likely N-dealkylation sites (tertiary alicyclic amines) is 1. The Labute approximate surface area is 198 Å². The van der Waals surface area contributed by atoms with Gasteiger partial charge in [0, 0.05) is 37.4 Å². The van der Waals surface area contributed by atoms with Crippen LogP contribution in [-0.4, -0.2) is 45.7 Å². The van der Waals surface area contributed by atoms with E-state index in [0.717, 1.165) is 5.56 Å². The predicted molar refractivity (Wildman–Crippen MR) is 131 cm³/mol. The van der Waals surface area contributed by atoms with Crippen molar-refractivity contribution in [2.75, 3.05) is 13.1 Å². The predicted octanol–water partition coefficient (Wildman–Crippen LogP) is 3.81. The molecule has 1 aliphatic heterocycles. The normalized spacial score (nSPS) is 14.2. The van der Waals surface area contributed by atoms with Crippen LogP contribution in [0.5, 0.6) is 0 Å². The number of nitrogens with zero attached hydrogens (tertiary/aromatic N) is 2. The number of rotatable bonds is 6. The van der Waals surface area contributed by atoms with Crippen molar-refractivity contribution in [2.45, 2.75) is 39.0 Å². The summed E-state index contributed by atoms with van der Waals surface area (Å²) in [5.41, 5.74) is 2.19. The number of fused-ring (bicyclic) bond motifs is 1. The van der Waals surface area contributed by atoms with Crippen LogP contribution < -0.4 is 5.56 Å². The van der Waals surface area contributed by atoms with Crippen molar-refractivity contribution in [3.05, 3.63) is 75.8 Å². The van der Waals surface area contributed by atoms with E-state index in [1.54, 1.807) is 12.1 Å². The van der Waals surface area contributed by atoms with Gasteiger partial charge in [0.1, 0.15) is 5.82 Å². The third kappa shape index (κ3) is 5.57. The molecule has 3 N–H and O–H groups in total. The molecule has 4 rings (SSSR count). The Hall–Kier alpha value is -3.81. The highest BCUT2D eigenvalue weighted by Crippen LogP contribution is 2.21. The van der Waals surface area contributed by atoms with Crippen molar-refractivity contribution in [2.24, 2.45) is 5.92 Å². The van der Waals surface area contributed by atoms with Crippen LogP contribution in [0.25, 0.3) is 10.9 Å². The van der Waals surface area contributed by atoms with E-state index in [2.05, 4.69) is 9.97 Å². The van der Waals surface area contributed by atoms with Gasteiger partial charge in [0.25, 0.3) is 5.56 Å². The molecule has 0 aliphatic carbocycles. The molecule has 0 saturated carbocycles. The Morgan fingerprint density at radius 1 is 1.15 bits per heavy atom. The average molecular weight is 460 g/mol. The maximum absolute atomic E-state index is 12.7. The number of carbonyl (C=O) groups is 1. The van der Waals surface area contributed by atoms with E-state index in [9.17, 15) is 9.59 Å². The smallest absolute Gasteiger partial charge is 0.258 e. The topological polar surface area (TPSA) is 123 Å². The molecule has 2 heterocycles. The third-order valence-electron chi connectivity index (χ3n) is 6.18. The fourth-order valence-corrected chi connectivity index (χ4v) is 4.25. The van der Waals surface area contributed by atoms with E-state index >= 15 is 0 Å². The zero-order valence-corrected chi connectivity index (χ0v) is 19.3. The minimum Gasteiger partial charge on any atom is -0.425 e. The second kappa shape index (κ2) is 10.4. The first-order chi connectivity index (χ1) is 16.4. The first-order valence-corrected chi connectivity index (χ1v) is 11.6. The summed E-state index contributed by atoms with van der Waals surface area (Å²) in [6.07, 6.45) is 2.80. The molecular weight excluding hydrogens is 430 g/mol.